The molecule has 0 aliphatic rings. The molecule has 0 spiro atoms. The van der Waals surface area contributed by atoms with Gasteiger partial charge in [0, 0.05) is 22.5 Å². The van der Waals surface area contributed by atoms with E-state index >= 15 is 0 Å². The van der Waals surface area contributed by atoms with Crippen LogP contribution in [0.5, 0.6) is 0 Å². The third kappa shape index (κ3) is 2.46. The maximum atomic E-state index is 10.8. The summed E-state index contributed by atoms with van der Waals surface area (Å²) in [5.74, 6) is -1.05. The van der Waals surface area contributed by atoms with Crippen molar-refractivity contribution in [2.45, 2.75) is 25.8 Å². The Labute approximate surface area is 118 Å². The molecular formula is C13H15BrN2O3. The number of aromatic nitrogens is 1. The Hall–Kier alpha value is -1.53. The number of halogens is 1. The number of aliphatic carboxylic acids is 1. The third-order valence-electron chi connectivity index (χ3n) is 3.18. The van der Waals surface area contributed by atoms with Crippen LogP contribution in [0.2, 0.25) is 0 Å². The van der Waals surface area contributed by atoms with Crippen molar-refractivity contribution in [3.8, 4) is 0 Å². The molecule has 2 rings (SSSR count). The summed E-state index contributed by atoms with van der Waals surface area (Å²) in [6, 6.07) is 2.85. The Kier molecular flexibility index (Phi) is 3.82. The predicted octanol–water partition coefficient (Wildman–Crippen LogP) is 2.16. The zero-order valence-corrected chi connectivity index (χ0v) is 12.0. The van der Waals surface area contributed by atoms with Gasteiger partial charge in [-0.25, -0.2) is 0 Å². The van der Waals surface area contributed by atoms with Crippen LogP contribution < -0.4 is 5.73 Å². The first kappa shape index (κ1) is 13.9. The van der Waals surface area contributed by atoms with Gasteiger partial charge in [0.1, 0.15) is 6.04 Å². The van der Waals surface area contributed by atoms with Gasteiger partial charge in [0.05, 0.1) is 5.52 Å². The highest BCUT2D eigenvalue weighted by atomic mass is 79.9. The smallest absolute Gasteiger partial charge is 0.320 e. The van der Waals surface area contributed by atoms with Gasteiger partial charge in [0.15, 0.2) is 0 Å². The van der Waals surface area contributed by atoms with E-state index in [0.717, 1.165) is 32.1 Å². The molecule has 0 aliphatic carbocycles. The second-order valence-corrected chi connectivity index (χ2v) is 5.29. The van der Waals surface area contributed by atoms with E-state index in [-0.39, 0.29) is 6.42 Å². The third-order valence-corrected chi connectivity index (χ3v) is 3.84. The summed E-state index contributed by atoms with van der Waals surface area (Å²) in [6.07, 6.45) is 2.47. The molecule has 6 heteroatoms. The lowest BCUT2D eigenvalue weighted by molar-refractivity contribution is -0.138. The predicted molar refractivity (Wildman–Crippen MR) is 75.5 cm³/mol. The zero-order valence-electron chi connectivity index (χ0n) is 10.4. The van der Waals surface area contributed by atoms with Crippen molar-refractivity contribution in [3.05, 3.63) is 33.9 Å². The zero-order chi connectivity index (χ0) is 14.2. The first-order valence-corrected chi connectivity index (χ1v) is 6.74. The number of hydrogen-bond acceptors (Lipinski definition) is 3. The minimum Gasteiger partial charge on any atom is -0.480 e. The molecule has 4 N–H and O–H groups in total. The van der Waals surface area contributed by atoms with Gasteiger partial charge in [0.2, 0.25) is 0 Å². The molecule has 1 aromatic carbocycles. The number of hydrogen-bond donors (Lipinski definition) is 3. The minimum atomic E-state index is -1.05. The molecule has 1 heterocycles. The van der Waals surface area contributed by atoms with Crippen molar-refractivity contribution in [2.75, 3.05) is 0 Å². The van der Waals surface area contributed by atoms with Gasteiger partial charge in [-0.15, -0.1) is 0 Å². The molecule has 5 nitrogen and oxygen atoms in total. The average molecular weight is 327 g/mol. The van der Waals surface area contributed by atoms with Crippen LogP contribution in [-0.2, 0) is 17.6 Å². The molecule has 0 saturated carbocycles. The standard InChI is InChI=1S/C13H15BrN2O3/c1-2-7-3-4-9(14)11-8(5-10(15)13(17)18)6-16(19)12(7)11/h3-4,6,10,19H,2,5,15H2,1H3,(H,17,18). The molecule has 1 atom stereocenters. The van der Waals surface area contributed by atoms with Gasteiger partial charge in [-0.2, -0.15) is 4.73 Å². The largest absolute Gasteiger partial charge is 0.480 e. The number of carboxylic acid groups (broad SMARTS) is 1. The van der Waals surface area contributed by atoms with E-state index in [9.17, 15) is 10.0 Å². The maximum absolute atomic E-state index is 10.8. The summed E-state index contributed by atoms with van der Waals surface area (Å²) in [6.45, 7) is 2.00. The molecule has 102 valence electrons. The van der Waals surface area contributed by atoms with Crippen LogP contribution in [0, 0.1) is 0 Å². The topological polar surface area (TPSA) is 88.5 Å². The monoisotopic (exact) mass is 326 g/mol. The number of nitrogens with two attached hydrogens (primary N) is 1. The number of carbonyl (C=O) groups is 1. The summed E-state index contributed by atoms with van der Waals surface area (Å²) in [5.41, 5.74) is 7.98. The van der Waals surface area contributed by atoms with Gasteiger partial charge in [-0.1, -0.05) is 28.9 Å². The molecule has 0 fully saturated rings. The van der Waals surface area contributed by atoms with Crippen molar-refractivity contribution in [1.82, 2.24) is 4.73 Å². The second-order valence-electron chi connectivity index (χ2n) is 4.43. The first-order chi connectivity index (χ1) is 8.95. The van der Waals surface area contributed by atoms with Gasteiger partial charge < -0.3 is 16.0 Å². The van der Waals surface area contributed by atoms with Crippen LogP contribution in [0.15, 0.2) is 22.8 Å². The molecule has 0 radical (unpaired) electrons. The number of benzene rings is 1. The molecule has 2 aromatic rings. The van der Waals surface area contributed by atoms with Gasteiger partial charge in [-0.3, -0.25) is 4.79 Å². The lowest BCUT2D eigenvalue weighted by Crippen LogP contribution is -2.32. The van der Waals surface area contributed by atoms with Crippen molar-refractivity contribution in [1.29, 1.82) is 0 Å². The Morgan fingerprint density at radius 1 is 1.47 bits per heavy atom. The fourth-order valence-corrected chi connectivity index (χ4v) is 2.79. The van der Waals surface area contributed by atoms with E-state index in [1.807, 2.05) is 19.1 Å². The SMILES string of the molecule is CCc1ccc(Br)c2c(CC(N)C(=O)O)cn(O)c12. The lowest BCUT2D eigenvalue weighted by atomic mass is 10.0. The van der Waals surface area contributed by atoms with Crippen LogP contribution in [0.25, 0.3) is 10.9 Å². The highest BCUT2D eigenvalue weighted by Crippen LogP contribution is 2.32. The first-order valence-electron chi connectivity index (χ1n) is 5.94. The van der Waals surface area contributed by atoms with Gasteiger partial charge in [0.25, 0.3) is 0 Å². The Morgan fingerprint density at radius 2 is 2.16 bits per heavy atom. The minimum absolute atomic E-state index is 0.172. The second kappa shape index (κ2) is 5.22. The van der Waals surface area contributed by atoms with Crippen LogP contribution in [0.1, 0.15) is 18.1 Å². The summed E-state index contributed by atoms with van der Waals surface area (Å²) >= 11 is 3.44. The fourth-order valence-electron chi connectivity index (χ4n) is 2.22. The Bertz CT molecular complexity index is 636. The van der Waals surface area contributed by atoms with Crippen LogP contribution in [0.4, 0.5) is 0 Å². The van der Waals surface area contributed by atoms with Crippen LogP contribution in [-0.4, -0.2) is 27.1 Å². The Balaban J connectivity index is 2.60. The Morgan fingerprint density at radius 3 is 2.74 bits per heavy atom. The van der Waals surface area contributed by atoms with Crippen molar-refractivity contribution < 1.29 is 15.1 Å². The molecular weight excluding hydrogens is 312 g/mol. The summed E-state index contributed by atoms with van der Waals surface area (Å²) < 4.78 is 1.86. The molecule has 0 saturated heterocycles. The highest BCUT2D eigenvalue weighted by Gasteiger charge is 2.19. The normalized spacial score (nSPS) is 12.8. The van der Waals surface area contributed by atoms with Crippen molar-refractivity contribution >= 4 is 32.8 Å². The summed E-state index contributed by atoms with van der Waals surface area (Å²) in [4.78, 5) is 10.8. The van der Waals surface area contributed by atoms with E-state index in [1.54, 1.807) is 0 Å². The number of aryl methyl sites for hydroxylation is 1. The number of nitrogens with zero attached hydrogens (tertiary/aromatic N) is 1. The molecule has 0 amide bonds. The van der Waals surface area contributed by atoms with E-state index < -0.39 is 12.0 Å². The molecule has 1 unspecified atom stereocenters. The average Bonchev–Trinajstić information content (AvgIpc) is 2.68. The highest BCUT2D eigenvalue weighted by molar-refractivity contribution is 9.10. The molecule has 1 aromatic heterocycles. The molecule has 19 heavy (non-hydrogen) atoms. The molecule has 0 bridgehead atoms. The molecule has 0 aliphatic heterocycles. The maximum Gasteiger partial charge on any atom is 0.320 e. The van der Waals surface area contributed by atoms with Crippen LogP contribution in [0.3, 0.4) is 0 Å². The van der Waals surface area contributed by atoms with Crippen molar-refractivity contribution in [3.63, 3.8) is 0 Å². The fraction of sp³-hybridized carbons (Fsp3) is 0.308. The summed E-state index contributed by atoms with van der Waals surface area (Å²) in [5, 5.41) is 19.7. The van der Waals surface area contributed by atoms with E-state index in [2.05, 4.69) is 15.9 Å². The van der Waals surface area contributed by atoms with E-state index in [0.29, 0.717) is 5.52 Å². The number of fused-ring (bicyclic) bond motifs is 1. The number of carboxylic acids is 1. The van der Waals surface area contributed by atoms with Gasteiger partial charge in [-0.05, 0) is 23.6 Å². The van der Waals surface area contributed by atoms with Crippen molar-refractivity contribution in [2.24, 2.45) is 5.73 Å². The quantitative estimate of drug-likeness (QED) is 0.751. The van der Waals surface area contributed by atoms with Gasteiger partial charge >= 0.3 is 5.97 Å². The van der Waals surface area contributed by atoms with Crippen LogP contribution >= 0.6 is 15.9 Å². The van der Waals surface area contributed by atoms with E-state index in [1.165, 1.54) is 6.20 Å². The van der Waals surface area contributed by atoms with E-state index in [4.69, 9.17) is 10.8 Å². The summed E-state index contributed by atoms with van der Waals surface area (Å²) in [7, 11) is 0. The lowest BCUT2D eigenvalue weighted by Gasteiger charge is -2.07. The number of rotatable bonds is 4.